The monoisotopic (exact) mass is 303 g/mol. The van der Waals surface area contributed by atoms with Gasteiger partial charge < -0.3 is 5.73 Å². The number of nitrogens with zero attached hydrogens (tertiary/aromatic N) is 2. The van der Waals surface area contributed by atoms with E-state index in [4.69, 9.17) is 11.0 Å². The van der Waals surface area contributed by atoms with E-state index in [0.717, 1.165) is 14.5 Å². The van der Waals surface area contributed by atoms with Gasteiger partial charge in [-0.2, -0.15) is 5.26 Å². The van der Waals surface area contributed by atoms with Gasteiger partial charge in [-0.15, -0.1) is 0 Å². The first kappa shape index (κ1) is 10.6. The van der Waals surface area contributed by atoms with Crippen LogP contribution in [0.5, 0.6) is 0 Å². The maximum Gasteiger partial charge on any atom is 0.0641 e. The van der Waals surface area contributed by atoms with E-state index in [-0.39, 0.29) is 6.04 Å². The van der Waals surface area contributed by atoms with E-state index in [9.17, 15) is 0 Å². The Hall–Kier alpha value is -0.440. The lowest BCUT2D eigenvalue weighted by Crippen LogP contribution is -2.11. The van der Waals surface area contributed by atoms with Crippen molar-refractivity contribution in [2.24, 2.45) is 5.73 Å². The molecule has 1 unspecified atom stereocenters. The zero-order chi connectivity index (χ0) is 9.84. The Balaban J connectivity index is 3.06. The molecule has 2 N–H and O–H groups in total. The van der Waals surface area contributed by atoms with Crippen LogP contribution in [0.3, 0.4) is 0 Å². The lowest BCUT2D eigenvalue weighted by atomic mass is 10.1. The molecule has 0 aromatic carbocycles. The highest BCUT2D eigenvalue weighted by Gasteiger charge is 2.13. The second kappa shape index (κ2) is 4.70. The van der Waals surface area contributed by atoms with Gasteiger partial charge in [0.05, 0.1) is 12.5 Å². The zero-order valence-corrected chi connectivity index (χ0v) is 9.84. The van der Waals surface area contributed by atoms with E-state index in [0.29, 0.717) is 6.42 Å². The third kappa shape index (κ3) is 2.50. The van der Waals surface area contributed by atoms with E-state index < -0.39 is 0 Å². The fraction of sp³-hybridized carbons (Fsp3) is 0.250. The van der Waals surface area contributed by atoms with Gasteiger partial charge in [0.25, 0.3) is 0 Å². The van der Waals surface area contributed by atoms with Crippen LogP contribution < -0.4 is 5.73 Å². The molecule has 3 nitrogen and oxygen atoms in total. The lowest BCUT2D eigenvalue weighted by Gasteiger charge is -2.11. The number of nitriles is 1. The van der Waals surface area contributed by atoms with Crippen LogP contribution in [-0.4, -0.2) is 4.98 Å². The smallest absolute Gasteiger partial charge is 0.0641 e. The van der Waals surface area contributed by atoms with Crippen LogP contribution in [0.2, 0.25) is 0 Å². The molecule has 0 spiro atoms. The minimum Gasteiger partial charge on any atom is -0.323 e. The van der Waals surface area contributed by atoms with Crippen molar-refractivity contribution < 1.29 is 0 Å². The molecule has 0 aliphatic rings. The van der Waals surface area contributed by atoms with E-state index in [1.165, 1.54) is 0 Å². The fourth-order valence-corrected chi connectivity index (χ4v) is 2.49. The van der Waals surface area contributed by atoms with Crippen LogP contribution >= 0.6 is 31.9 Å². The van der Waals surface area contributed by atoms with Crippen molar-refractivity contribution in [2.45, 2.75) is 12.5 Å². The standard InChI is InChI=1S/C8H7Br2N3/c9-5-3-13-4-6(10)8(5)7(12)1-2-11/h3-4,7H,1,12H2. The first-order valence-corrected chi connectivity index (χ1v) is 5.17. The topological polar surface area (TPSA) is 62.7 Å². The highest BCUT2D eigenvalue weighted by atomic mass is 79.9. The van der Waals surface area contributed by atoms with Crippen molar-refractivity contribution in [2.75, 3.05) is 0 Å². The molecular weight excluding hydrogens is 298 g/mol. The zero-order valence-electron chi connectivity index (χ0n) is 6.67. The van der Waals surface area contributed by atoms with Crippen LogP contribution in [0.1, 0.15) is 18.0 Å². The van der Waals surface area contributed by atoms with Crippen LogP contribution in [-0.2, 0) is 0 Å². The first-order valence-electron chi connectivity index (χ1n) is 3.58. The molecule has 13 heavy (non-hydrogen) atoms. The van der Waals surface area contributed by atoms with Gasteiger partial charge in [-0.05, 0) is 31.9 Å². The van der Waals surface area contributed by atoms with Gasteiger partial charge in [-0.3, -0.25) is 4.98 Å². The molecule has 5 heteroatoms. The number of pyridine rings is 1. The van der Waals surface area contributed by atoms with Crippen molar-refractivity contribution in [3.63, 3.8) is 0 Å². The Morgan fingerprint density at radius 2 is 2.00 bits per heavy atom. The Bertz CT molecular complexity index is 325. The molecule has 0 aliphatic carbocycles. The van der Waals surface area contributed by atoms with Gasteiger partial charge in [0, 0.05) is 32.9 Å². The highest BCUT2D eigenvalue weighted by molar-refractivity contribution is 9.11. The molecule has 0 radical (unpaired) electrons. The van der Waals surface area contributed by atoms with E-state index in [1.807, 2.05) is 6.07 Å². The van der Waals surface area contributed by atoms with Crippen LogP contribution in [0.15, 0.2) is 21.3 Å². The molecule has 0 bridgehead atoms. The van der Waals surface area contributed by atoms with E-state index in [1.54, 1.807) is 12.4 Å². The molecule has 0 aliphatic heterocycles. The Morgan fingerprint density at radius 1 is 1.46 bits per heavy atom. The molecule has 0 saturated heterocycles. The molecule has 68 valence electrons. The molecule has 1 atom stereocenters. The van der Waals surface area contributed by atoms with Crippen molar-refractivity contribution in [1.82, 2.24) is 4.98 Å². The summed E-state index contributed by atoms with van der Waals surface area (Å²) >= 11 is 6.67. The summed E-state index contributed by atoms with van der Waals surface area (Å²) in [5.74, 6) is 0. The summed E-state index contributed by atoms with van der Waals surface area (Å²) in [4.78, 5) is 3.95. The first-order chi connectivity index (χ1) is 6.16. The van der Waals surface area contributed by atoms with Gasteiger partial charge in [0.2, 0.25) is 0 Å². The van der Waals surface area contributed by atoms with Crippen LogP contribution in [0, 0.1) is 11.3 Å². The largest absolute Gasteiger partial charge is 0.323 e. The van der Waals surface area contributed by atoms with Gasteiger partial charge in [-0.1, -0.05) is 0 Å². The summed E-state index contributed by atoms with van der Waals surface area (Å²) in [7, 11) is 0. The third-order valence-electron chi connectivity index (χ3n) is 1.57. The quantitative estimate of drug-likeness (QED) is 0.913. The number of halogens is 2. The summed E-state index contributed by atoms with van der Waals surface area (Å²) < 4.78 is 1.65. The number of nitrogens with two attached hydrogens (primary N) is 1. The van der Waals surface area contributed by atoms with Gasteiger partial charge in [-0.25, -0.2) is 0 Å². The minimum atomic E-state index is -0.281. The number of hydrogen-bond acceptors (Lipinski definition) is 3. The number of hydrogen-bond donors (Lipinski definition) is 1. The number of rotatable bonds is 2. The van der Waals surface area contributed by atoms with Crippen molar-refractivity contribution in [3.8, 4) is 6.07 Å². The molecule has 1 aromatic heterocycles. The second-order valence-corrected chi connectivity index (χ2v) is 4.19. The van der Waals surface area contributed by atoms with Crippen LogP contribution in [0.25, 0.3) is 0 Å². The SMILES string of the molecule is N#CCC(N)c1c(Br)cncc1Br. The van der Waals surface area contributed by atoms with Crippen LogP contribution in [0.4, 0.5) is 0 Å². The number of aromatic nitrogens is 1. The van der Waals surface area contributed by atoms with Crippen molar-refractivity contribution >= 4 is 31.9 Å². The Labute approximate surface area is 93.2 Å². The molecule has 0 saturated carbocycles. The normalized spacial score (nSPS) is 12.2. The fourth-order valence-electron chi connectivity index (χ4n) is 0.976. The van der Waals surface area contributed by atoms with Gasteiger partial charge in [0.15, 0.2) is 0 Å². The van der Waals surface area contributed by atoms with Gasteiger partial charge in [0.1, 0.15) is 0 Å². The molecule has 1 aromatic rings. The summed E-state index contributed by atoms with van der Waals surface area (Å²) in [6.45, 7) is 0. The van der Waals surface area contributed by atoms with Crippen molar-refractivity contribution in [3.05, 3.63) is 26.9 Å². The predicted molar refractivity (Wildman–Crippen MR) is 56.8 cm³/mol. The summed E-state index contributed by atoms with van der Waals surface area (Å²) in [5, 5.41) is 8.50. The predicted octanol–water partition coefficient (Wildman–Crippen LogP) is 2.52. The van der Waals surface area contributed by atoms with Gasteiger partial charge >= 0.3 is 0 Å². The molecule has 1 rings (SSSR count). The van der Waals surface area contributed by atoms with Crippen molar-refractivity contribution in [1.29, 1.82) is 5.26 Å². The summed E-state index contributed by atoms with van der Waals surface area (Å²) in [6.07, 6.45) is 3.62. The average Bonchev–Trinajstić information content (AvgIpc) is 2.04. The third-order valence-corrected chi connectivity index (χ3v) is 2.84. The Morgan fingerprint density at radius 3 is 2.46 bits per heavy atom. The lowest BCUT2D eigenvalue weighted by molar-refractivity contribution is 0.738. The average molecular weight is 305 g/mol. The molecule has 0 fully saturated rings. The maximum atomic E-state index is 8.50. The highest BCUT2D eigenvalue weighted by Crippen LogP contribution is 2.29. The summed E-state index contributed by atoms with van der Waals surface area (Å²) in [5.41, 5.74) is 6.68. The molecule has 1 heterocycles. The molecular formula is C8H7Br2N3. The molecule has 0 amide bonds. The Kier molecular flexibility index (Phi) is 3.85. The van der Waals surface area contributed by atoms with E-state index >= 15 is 0 Å². The minimum absolute atomic E-state index is 0.281. The maximum absolute atomic E-state index is 8.50. The van der Waals surface area contributed by atoms with E-state index in [2.05, 4.69) is 36.8 Å². The second-order valence-electron chi connectivity index (χ2n) is 2.49. The summed E-state index contributed by atoms with van der Waals surface area (Å²) in [6, 6.07) is 1.75.